The number of carboxylic acids is 1. The van der Waals surface area contributed by atoms with Gasteiger partial charge in [-0.3, -0.25) is 9.59 Å². The second-order valence-electron chi connectivity index (χ2n) is 3.90. The first kappa shape index (κ1) is 15.4. The number of amides is 2. The van der Waals surface area contributed by atoms with Gasteiger partial charge in [0.05, 0.1) is 12.0 Å². The summed E-state index contributed by atoms with van der Waals surface area (Å²) >= 11 is 0. The topological polar surface area (TPSA) is 136 Å². The van der Waals surface area contributed by atoms with Crippen LogP contribution < -0.4 is 16.8 Å². The van der Waals surface area contributed by atoms with E-state index in [0.717, 1.165) is 0 Å². The summed E-state index contributed by atoms with van der Waals surface area (Å²) in [6.45, 7) is 3.46. The van der Waals surface area contributed by atoms with Gasteiger partial charge in [-0.15, -0.1) is 0 Å². The molecule has 0 bridgehead atoms. The molecule has 0 saturated carbocycles. The monoisotopic (exact) mass is 245 g/mol. The van der Waals surface area contributed by atoms with E-state index in [1.165, 1.54) is 0 Å². The SMILES string of the molecule is CCC(N)(CC)C(=O)N[C@@H](CC(N)=O)C(=O)O. The molecule has 7 nitrogen and oxygen atoms in total. The number of carbonyl (C=O) groups is 3. The third-order valence-corrected chi connectivity index (χ3v) is 2.72. The van der Waals surface area contributed by atoms with Crippen molar-refractivity contribution in [3.8, 4) is 0 Å². The molecule has 0 unspecified atom stereocenters. The van der Waals surface area contributed by atoms with Crippen molar-refractivity contribution in [1.29, 1.82) is 0 Å². The lowest BCUT2D eigenvalue weighted by molar-refractivity contribution is -0.144. The lowest BCUT2D eigenvalue weighted by Gasteiger charge is -2.27. The first-order chi connectivity index (χ1) is 7.76. The van der Waals surface area contributed by atoms with Crippen LogP contribution in [0, 0.1) is 0 Å². The zero-order valence-corrected chi connectivity index (χ0v) is 10.0. The van der Waals surface area contributed by atoms with Gasteiger partial charge in [0.15, 0.2) is 0 Å². The maximum absolute atomic E-state index is 11.8. The molecule has 0 aromatic carbocycles. The highest BCUT2D eigenvalue weighted by atomic mass is 16.4. The molecule has 0 radical (unpaired) electrons. The maximum atomic E-state index is 11.8. The van der Waals surface area contributed by atoms with Crippen LogP contribution in [0.2, 0.25) is 0 Å². The Morgan fingerprint density at radius 1 is 1.29 bits per heavy atom. The van der Waals surface area contributed by atoms with E-state index in [2.05, 4.69) is 5.32 Å². The molecule has 1 atom stereocenters. The molecule has 7 heteroatoms. The van der Waals surface area contributed by atoms with Crippen molar-refractivity contribution >= 4 is 17.8 Å². The average Bonchev–Trinajstić information content (AvgIpc) is 2.26. The van der Waals surface area contributed by atoms with Gasteiger partial charge in [0.25, 0.3) is 0 Å². The van der Waals surface area contributed by atoms with Gasteiger partial charge in [-0.1, -0.05) is 13.8 Å². The molecular weight excluding hydrogens is 226 g/mol. The minimum atomic E-state index is -1.33. The van der Waals surface area contributed by atoms with Crippen LogP contribution in [0.3, 0.4) is 0 Å². The van der Waals surface area contributed by atoms with Gasteiger partial charge in [-0.2, -0.15) is 0 Å². The van der Waals surface area contributed by atoms with Crippen molar-refractivity contribution < 1.29 is 19.5 Å². The number of aliphatic carboxylic acids is 1. The quantitative estimate of drug-likeness (QED) is 0.453. The molecule has 0 rings (SSSR count). The summed E-state index contributed by atoms with van der Waals surface area (Å²) in [7, 11) is 0. The molecule has 0 aromatic rings. The van der Waals surface area contributed by atoms with E-state index < -0.39 is 35.8 Å². The van der Waals surface area contributed by atoms with E-state index in [4.69, 9.17) is 16.6 Å². The van der Waals surface area contributed by atoms with E-state index >= 15 is 0 Å². The zero-order chi connectivity index (χ0) is 13.6. The summed E-state index contributed by atoms with van der Waals surface area (Å²) in [5.74, 6) is -2.70. The Morgan fingerprint density at radius 3 is 2.06 bits per heavy atom. The van der Waals surface area contributed by atoms with Crippen LogP contribution >= 0.6 is 0 Å². The second-order valence-corrected chi connectivity index (χ2v) is 3.90. The Kier molecular flexibility index (Phi) is 5.60. The first-order valence-corrected chi connectivity index (χ1v) is 5.37. The molecule has 6 N–H and O–H groups in total. The number of hydrogen-bond donors (Lipinski definition) is 4. The van der Waals surface area contributed by atoms with E-state index in [9.17, 15) is 14.4 Å². The van der Waals surface area contributed by atoms with Crippen molar-refractivity contribution in [1.82, 2.24) is 5.32 Å². The van der Waals surface area contributed by atoms with Gasteiger partial charge in [0.2, 0.25) is 11.8 Å². The van der Waals surface area contributed by atoms with E-state index in [0.29, 0.717) is 12.8 Å². The molecule has 17 heavy (non-hydrogen) atoms. The van der Waals surface area contributed by atoms with Gasteiger partial charge in [0, 0.05) is 0 Å². The predicted molar refractivity (Wildman–Crippen MR) is 60.9 cm³/mol. The number of carbonyl (C=O) groups excluding carboxylic acids is 2. The Bertz CT molecular complexity index is 313. The lowest BCUT2D eigenvalue weighted by atomic mass is 9.92. The number of rotatable bonds is 7. The zero-order valence-electron chi connectivity index (χ0n) is 10.0. The predicted octanol–water partition coefficient (Wildman–Crippen LogP) is -1.05. The smallest absolute Gasteiger partial charge is 0.326 e. The van der Waals surface area contributed by atoms with Gasteiger partial charge in [-0.25, -0.2) is 4.79 Å². The number of hydrogen-bond acceptors (Lipinski definition) is 4. The minimum Gasteiger partial charge on any atom is -0.480 e. The molecule has 0 spiro atoms. The van der Waals surface area contributed by atoms with Gasteiger partial charge < -0.3 is 21.9 Å². The molecule has 0 heterocycles. The fourth-order valence-electron chi connectivity index (χ4n) is 1.27. The largest absolute Gasteiger partial charge is 0.480 e. The Balaban J connectivity index is 4.71. The van der Waals surface area contributed by atoms with Gasteiger partial charge >= 0.3 is 5.97 Å². The Morgan fingerprint density at radius 2 is 1.76 bits per heavy atom. The van der Waals surface area contributed by atoms with Gasteiger partial charge in [0.1, 0.15) is 6.04 Å². The molecule has 0 aromatic heterocycles. The molecule has 0 aliphatic carbocycles. The molecular formula is C10H19N3O4. The Hall–Kier alpha value is -1.63. The normalized spacial score (nSPS) is 12.9. The summed E-state index contributed by atoms with van der Waals surface area (Å²) < 4.78 is 0. The van der Waals surface area contributed by atoms with E-state index in [1.54, 1.807) is 13.8 Å². The van der Waals surface area contributed by atoms with Crippen LogP contribution in [0.15, 0.2) is 0 Å². The first-order valence-electron chi connectivity index (χ1n) is 5.37. The van der Waals surface area contributed by atoms with Gasteiger partial charge in [-0.05, 0) is 12.8 Å². The number of carboxylic acid groups (broad SMARTS) is 1. The van der Waals surface area contributed by atoms with Crippen LogP contribution in [0.1, 0.15) is 33.1 Å². The van der Waals surface area contributed by atoms with Crippen molar-refractivity contribution in [3.05, 3.63) is 0 Å². The molecule has 0 fully saturated rings. The van der Waals surface area contributed by atoms with Crippen molar-refractivity contribution in [3.63, 3.8) is 0 Å². The molecule has 0 aliphatic heterocycles. The van der Waals surface area contributed by atoms with E-state index in [1.807, 2.05) is 0 Å². The number of primary amides is 1. The highest BCUT2D eigenvalue weighted by Crippen LogP contribution is 2.11. The second kappa shape index (κ2) is 6.19. The fourth-order valence-corrected chi connectivity index (χ4v) is 1.27. The molecule has 98 valence electrons. The summed E-state index contributed by atoms with van der Waals surface area (Å²) in [6.07, 6.45) is 0.293. The van der Waals surface area contributed by atoms with Crippen molar-refractivity contribution in [2.45, 2.75) is 44.7 Å². The standard InChI is InChI=1S/C10H19N3O4/c1-3-10(12,4-2)9(17)13-6(8(15)16)5-7(11)14/h6H,3-5,12H2,1-2H3,(H2,11,14)(H,13,17)(H,15,16)/t6-/m0/s1. The third-order valence-electron chi connectivity index (χ3n) is 2.72. The fraction of sp³-hybridized carbons (Fsp3) is 0.700. The highest BCUT2D eigenvalue weighted by molar-refractivity contribution is 5.92. The van der Waals surface area contributed by atoms with Crippen LogP contribution in [0.25, 0.3) is 0 Å². The lowest BCUT2D eigenvalue weighted by Crippen LogP contribution is -2.57. The summed E-state index contributed by atoms with van der Waals surface area (Å²) in [5.41, 5.74) is 9.57. The summed E-state index contributed by atoms with van der Waals surface area (Å²) in [6, 6.07) is -1.33. The van der Waals surface area contributed by atoms with Crippen molar-refractivity contribution in [2.24, 2.45) is 11.5 Å². The van der Waals surface area contributed by atoms with Crippen LogP contribution in [-0.2, 0) is 14.4 Å². The summed E-state index contributed by atoms with van der Waals surface area (Å²) in [4.78, 5) is 33.2. The number of nitrogens with one attached hydrogen (secondary N) is 1. The molecule has 0 saturated heterocycles. The minimum absolute atomic E-state index is 0.373. The summed E-state index contributed by atoms with van der Waals surface area (Å²) in [5, 5.41) is 11.0. The van der Waals surface area contributed by atoms with Crippen LogP contribution in [-0.4, -0.2) is 34.5 Å². The van der Waals surface area contributed by atoms with E-state index in [-0.39, 0.29) is 0 Å². The van der Waals surface area contributed by atoms with Crippen LogP contribution in [0.4, 0.5) is 0 Å². The third kappa shape index (κ3) is 4.39. The molecule has 0 aliphatic rings. The maximum Gasteiger partial charge on any atom is 0.326 e. The Labute approximate surface area is 99.5 Å². The average molecular weight is 245 g/mol. The van der Waals surface area contributed by atoms with Crippen molar-refractivity contribution in [2.75, 3.05) is 0 Å². The van der Waals surface area contributed by atoms with Crippen LogP contribution in [0.5, 0.6) is 0 Å². The highest BCUT2D eigenvalue weighted by Gasteiger charge is 2.33. The number of nitrogens with two attached hydrogens (primary N) is 2. The molecule has 2 amide bonds.